The molecule has 0 aliphatic heterocycles. The van der Waals surface area contributed by atoms with Crippen LogP contribution in [-0.2, 0) is 24.3 Å². The Bertz CT molecular complexity index is 1540. The molecule has 3 rings (SSSR count). The van der Waals surface area contributed by atoms with Crippen LogP contribution in [0.15, 0.2) is 59.5 Å². The van der Waals surface area contributed by atoms with E-state index >= 15 is 0 Å². The van der Waals surface area contributed by atoms with Crippen molar-refractivity contribution in [1.29, 1.82) is 0 Å². The number of esters is 1. The molecule has 13 heteroatoms. The summed E-state index contributed by atoms with van der Waals surface area (Å²) in [4.78, 5) is 36.3. The second-order valence-corrected chi connectivity index (χ2v) is 10.6. The van der Waals surface area contributed by atoms with Crippen molar-refractivity contribution in [2.75, 3.05) is 29.6 Å². The second-order valence-electron chi connectivity index (χ2n) is 8.57. The Morgan fingerprint density at radius 1 is 0.875 bits per heavy atom. The van der Waals surface area contributed by atoms with Crippen LogP contribution in [0.3, 0.4) is 0 Å². The number of sulfonamides is 1. The number of rotatable bonds is 10. The summed E-state index contributed by atoms with van der Waals surface area (Å²) in [5.74, 6) is -1.27. The summed E-state index contributed by atoms with van der Waals surface area (Å²) in [6.45, 7) is 4.32. The SMILES string of the molecule is COc1cc(OC)c(NS(=O)(=O)c2cc(C(=O)OC(C)C(=O)Nc3ccc(NC(C)=O)cc3)ccc2C)cc1Cl. The van der Waals surface area contributed by atoms with Gasteiger partial charge in [-0.15, -0.1) is 0 Å². The smallest absolute Gasteiger partial charge is 0.338 e. The first kappa shape index (κ1) is 30.3. The molecule has 0 aliphatic carbocycles. The maximum Gasteiger partial charge on any atom is 0.338 e. The van der Waals surface area contributed by atoms with Gasteiger partial charge in [-0.3, -0.25) is 14.3 Å². The summed E-state index contributed by atoms with van der Waals surface area (Å²) in [5.41, 5.74) is 1.32. The maximum atomic E-state index is 13.3. The van der Waals surface area contributed by atoms with Crippen molar-refractivity contribution in [3.63, 3.8) is 0 Å². The highest BCUT2D eigenvalue weighted by Crippen LogP contribution is 2.37. The molecule has 40 heavy (non-hydrogen) atoms. The molecule has 3 N–H and O–H groups in total. The van der Waals surface area contributed by atoms with Crippen molar-refractivity contribution in [1.82, 2.24) is 0 Å². The second kappa shape index (κ2) is 12.7. The third-order valence-corrected chi connectivity index (χ3v) is 7.36. The Morgan fingerprint density at radius 2 is 1.48 bits per heavy atom. The van der Waals surface area contributed by atoms with Crippen molar-refractivity contribution in [3.8, 4) is 11.5 Å². The minimum absolute atomic E-state index is 0.0658. The van der Waals surface area contributed by atoms with Crippen LogP contribution in [0.2, 0.25) is 5.02 Å². The predicted molar refractivity (Wildman–Crippen MR) is 151 cm³/mol. The van der Waals surface area contributed by atoms with E-state index in [1.807, 2.05) is 0 Å². The number of ether oxygens (including phenoxy) is 3. The van der Waals surface area contributed by atoms with E-state index in [0.717, 1.165) is 6.07 Å². The van der Waals surface area contributed by atoms with Crippen LogP contribution < -0.4 is 24.8 Å². The number of hydrogen-bond donors (Lipinski definition) is 3. The van der Waals surface area contributed by atoms with Gasteiger partial charge in [0.2, 0.25) is 5.91 Å². The number of hydrogen-bond acceptors (Lipinski definition) is 8. The fraction of sp³-hybridized carbons (Fsp3) is 0.222. The molecule has 0 spiro atoms. The van der Waals surface area contributed by atoms with E-state index in [0.29, 0.717) is 22.7 Å². The predicted octanol–water partition coefficient (Wildman–Crippen LogP) is 4.61. The summed E-state index contributed by atoms with van der Waals surface area (Å²) in [7, 11) is -1.43. The first-order valence-electron chi connectivity index (χ1n) is 11.8. The number of aryl methyl sites for hydroxylation is 1. The van der Waals surface area contributed by atoms with E-state index in [9.17, 15) is 22.8 Å². The quantitative estimate of drug-likeness (QED) is 0.290. The standard InChI is InChI=1S/C27H28ClN3O8S/c1-15-6-7-18(12-25(15)40(35,36)31-22-13-21(28)23(37-4)14-24(22)38-5)27(34)39-16(2)26(33)30-20-10-8-19(9-11-20)29-17(3)32/h6-14,16,31H,1-5H3,(H,29,32)(H,30,33). The van der Waals surface area contributed by atoms with Crippen LogP contribution in [0.25, 0.3) is 0 Å². The zero-order chi connectivity index (χ0) is 29.6. The molecule has 3 aromatic rings. The van der Waals surface area contributed by atoms with Crippen molar-refractivity contribution in [2.24, 2.45) is 0 Å². The first-order chi connectivity index (χ1) is 18.8. The van der Waals surface area contributed by atoms with Crippen LogP contribution in [0.5, 0.6) is 11.5 Å². The number of halogens is 1. The fourth-order valence-electron chi connectivity index (χ4n) is 3.52. The zero-order valence-electron chi connectivity index (χ0n) is 22.3. The summed E-state index contributed by atoms with van der Waals surface area (Å²) >= 11 is 6.16. The van der Waals surface area contributed by atoms with Gasteiger partial charge in [-0.1, -0.05) is 17.7 Å². The maximum absolute atomic E-state index is 13.3. The van der Waals surface area contributed by atoms with Crippen LogP contribution in [0.1, 0.15) is 29.8 Å². The number of benzene rings is 3. The molecule has 212 valence electrons. The van der Waals surface area contributed by atoms with Crippen molar-refractivity contribution >= 4 is 56.5 Å². The number of carbonyl (C=O) groups excluding carboxylic acids is 3. The molecule has 11 nitrogen and oxygen atoms in total. The number of nitrogens with one attached hydrogen (secondary N) is 3. The Morgan fingerprint density at radius 3 is 2.05 bits per heavy atom. The van der Waals surface area contributed by atoms with E-state index < -0.39 is 28.0 Å². The average molecular weight is 590 g/mol. The van der Waals surface area contributed by atoms with Gasteiger partial charge in [0.1, 0.15) is 11.5 Å². The van der Waals surface area contributed by atoms with E-state index in [2.05, 4.69) is 15.4 Å². The molecule has 0 fully saturated rings. The highest BCUT2D eigenvalue weighted by Gasteiger charge is 2.24. The van der Waals surface area contributed by atoms with E-state index in [1.54, 1.807) is 31.2 Å². The first-order valence-corrected chi connectivity index (χ1v) is 13.6. The van der Waals surface area contributed by atoms with Gasteiger partial charge in [0.25, 0.3) is 15.9 Å². The highest BCUT2D eigenvalue weighted by molar-refractivity contribution is 7.92. The molecule has 0 radical (unpaired) electrons. The van der Waals surface area contributed by atoms with Crippen molar-refractivity contribution < 1.29 is 37.0 Å². The normalized spacial score (nSPS) is 11.7. The van der Waals surface area contributed by atoms with Gasteiger partial charge in [-0.25, -0.2) is 13.2 Å². The molecule has 0 bridgehead atoms. The molecular weight excluding hydrogens is 562 g/mol. The van der Waals surface area contributed by atoms with E-state index in [-0.39, 0.29) is 32.8 Å². The van der Waals surface area contributed by atoms with Gasteiger partial charge >= 0.3 is 5.97 Å². The molecule has 1 atom stereocenters. The molecule has 1 unspecified atom stereocenters. The van der Waals surface area contributed by atoms with Gasteiger partial charge in [0.15, 0.2) is 6.10 Å². The summed E-state index contributed by atoms with van der Waals surface area (Å²) in [6.07, 6.45) is -1.20. The third kappa shape index (κ3) is 7.42. The Balaban J connectivity index is 1.75. The summed E-state index contributed by atoms with van der Waals surface area (Å²) < 4.78 is 44.6. The van der Waals surface area contributed by atoms with Gasteiger partial charge in [0.05, 0.1) is 35.4 Å². The minimum atomic E-state index is -4.21. The molecule has 0 aromatic heterocycles. The van der Waals surface area contributed by atoms with Gasteiger partial charge in [-0.05, 0) is 61.9 Å². The van der Waals surface area contributed by atoms with Crippen LogP contribution in [-0.4, -0.2) is 46.5 Å². The topological polar surface area (TPSA) is 149 Å². The Kier molecular flexibility index (Phi) is 9.61. The van der Waals surface area contributed by atoms with Crippen LogP contribution in [0.4, 0.5) is 17.1 Å². The molecular formula is C27H28ClN3O8S. The lowest BCUT2D eigenvalue weighted by molar-refractivity contribution is -0.123. The number of amides is 2. The molecule has 0 heterocycles. The van der Waals surface area contributed by atoms with E-state index in [4.69, 9.17) is 25.8 Å². The Hall–Kier alpha value is -4.29. The molecule has 0 aliphatic rings. The molecule has 0 saturated carbocycles. The lowest BCUT2D eigenvalue weighted by Gasteiger charge is -2.16. The van der Waals surface area contributed by atoms with E-state index in [1.165, 1.54) is 52.3 Å². The minimum Gasteiger partial charge on any atom is -0.495 e. The monoisotopic (exact) mass is 589 g/mol. The van der Waals surface area contributed by atoms with Crippen LogP contribution in [0, 0.1) is 6.92 Å². The highest BCUT2D eigenvalue weighted by atomic mass is 35.5. The molecule has 3 aromatic carbocycles. The van der Waals surface area contributed by atoms with Gasteiger partial charge < -0.3 is 24.8 Å². The zero-order valence-corrected chi connectivity index (χ0v) is 23.9. The number of carbonyl (C=O) groups is 3. The fourth-order valence-corrected chi connectivity index (χ4v) is 5.10. The average Bonchev–Trinajstić information content (AvgIpc) is 2.89. The largest absolute Gasteiger partial charge is 0.495 e. The Labute approximate surface area is 236 Å². The summed E-state index contributed by atoms with van der Waals surface area (Å²) in [6, 6.07) is 13.1. The lowest BCUT2D eigenvalue weighted by Crippen LogP contribution is -2.30. The lowest BCUT2D eigenvalue weighted by atomic mass is 10.1. The molecule has 0 saturated heterocycles. The summed E-state index contributed by atoms with van der Waals surface area (Å²) in [5, 5.41) is 5.38. The van der Waals surface area contributed by atoms with Crippen LogP contribution >= 0.6 is 11.6 Å². The van der Waals surface area contributed by atoms with Gasteiger partial charge in [0, 0.05) is 24.4 Å². The number of methoxy groups -OCH3 is 2. The number of anilines is 3. The van der Waals surface area contributed by atoms with Gasteiger partial charge in [-0.2, -0.15) is 0 Å². The molecule has 2 amide bonds. The third-order valence-electron chi connectivity index (χ3n) is 5.56. The van der Waals surface area contributed by atoms with Crippen molar-refractivity contribution in [3.05, 3.63) is 70.7 Å². The van der Waals surface area contributed by atoms with Crippen molar-refractivity contribution in [2.45, 2.75) is 31.8 Å².